The van der Waals surface area contributed by atoms with Gasteiger partial charge < -0.3 is 10.2 Å². The van der Waals surface area contributed by atoms with E-state index >= 15 is 0 Å². The van der Waals surface area contributed by atoms with E-state index in [0.29, 0.717) is 30.8 Å². The minimum Gasteiger partial charge on any atom is -0.351 e. The summed E-state index contributed by atoms with van der Waals surface area (Å²) in [7, 11) is 0. The van der Waals surface area contributed by atoms with Crippen LogP contribution in [0.2, 0.25) is 0 Å². The summed E-state index contributed by atoms with van der Waals surface area (Å²) < 4.78 is 0. The van der Waals surface area contributed by atoms with Gasteiger partial charge in [0, 0.05) is 24.8 Å². The third kappa shape index (κ3) is 4.06. The minimum atomic E-state index is -0.0549. The number of anilines is 1. The van der Waals surface area contributed by atoms with Crippen molar-refractivity contribution in [2.45, 2.75) is 39.3 Å². The van der Waals surface area contributed by atoms with E-state index in [1.807, 2.05) is 44.2 Å². The van der Waals surface area contributed by atoms with Gasteiger partial charge in [-0.05, 0) is 38.3 Å². The Morgan fingerprint density at radius 3 is 2.65 bits per heavy atom. The van der Waals surface area contributed by atoms with Crippen LogP contribution in [0, 0.1) is 6.92 Å². The average Bonchev–Trinajstić information content (AvgIpc) is 3.36. The van der Waals surface area contributed by atoms with Crippen LogP contribution in [-0.4, -0.2) is 33.4 Å². The summed E-state index contributed by atoms with van der Waals surface area (Å²) >= 11 is 0. The maximum Gasteiger partial charge on any atom is 0.272 e. The van der Waals surface area contributed by atoms with E-state index in [4.69, 9.17) is 0 Å². The first-order chi connectivity index (χ1) is 11.2. The lowest BCUT2D eigenvalue weighted by atomic mass is 10.2. The minimum absolute atomic E-state index is 0.0549. The summed E-state index contributed by atoms with van der Waals surface area (Å²) in [5, 5.41) is 3.27. The summed E-state index contributed by atoms with van der Waals surface area (Å²) in [6.45, 7) is 5.11. The van der Waals surface area contributed by atoms with Crippen LogP contribution in [0.4, 0.5) is 5.95 Å². The second kappa shape index (κ2) is 6.77. The first-order valence-electron chi connectivity index (χ1n) is 8.11. The highest BCUT2D eigenvalue weighted by molar-refractivity contribution is 5.92. The fraction of sp³-hybridized carbons (Fsp3) is 0.389. The molecular formula is C18H22N4O. The molecule has 120 valence electrons. The zero-order chi connectivity index (χ0) is 16.2. The SMILES string of the molecule is CCN(Cc1ccccc1)C(=O)c1cc(C)nc(NC2CC2)n1. The molecule has 1 aromatic heterocycles. The van der Waals surface area contributed by atoms with Crippen LogP contribution in [0.15, 0.2) is 36.4 Å². The maximum atomic E-state index is 12.8. The van der Waals surface area contributed by atoms with Gasteiger partial charge >= 0.3 is 0 Å². The summed E-state index contributed by atoms with van der Waals surface area (Å²) in [6, 6.07) is 12.2. The van der Waals surface area contributed by atoms with E-state index in [1.54, 1.807) is 11.0 Å². The molecule has 0 saturated heterocycles. The summed E-state index contributed by atoms with van der Waals surface area (Å²) in [6.07, 6.45) is 2.30. The monoisotopic (exact) mass is 310 g/mol. The Morgan fingerprint density at radius 2 is 2.00 bits per heavy atom. The molecular weight excluding hydrogens is 288 g/mol. The van der Waals surface area contributed by atoms with E-state index in [2.05, 4.69) is 15.3 Å². The molecule has 1 saturated carbocycles. The van der Waals surface area contributed by atoms with Crippen LogP contribution < -0.4 is 5.32 Å². The van der Waals surface area contributed by atoms with Crippen molar-refractivity contribution in [3.8, 4) is 0 Å². The summed E-state index contributed by atoms with van der Waals surface area (Å²) in [4.78, 5) is 23.4. The lowest BCUT2D eigenvalue weighted by Gasteiger charge is -2.21. The van der Waals surface area contributed by atoms with E-state index in [-0.39, 0.29) is 5.91 Å². The number of hydrogen-bond donors (Lipinski definition) is 1. The molecule has 3 rings (SSSR count). The molecule has 0 bridgehead atoms. The van der Waals surface area contributed by atoms with Crippen molar-refractivity contribution in [2.24, 2.45) is 0 Å². The Hall–Kier alpha value is -2.43. The van der Waals surface area contributed by atoms with E-state index < -0.39 is 0 Å². The maximum absolute atomic E-state index is 12.8. The standard InChI is InChI=1S/C18H22N4O/c1-3-22(12-14-7-5-4-6-8-14)17(23)16-11-13(2)19-18(21-16)20-15-9-10-15/h4-8,11,15H,3,9-10,12H2,1-2H3,(H,19,20,21). The largest absolute Gasteiger partial charge is 0.351 e. The number of aromatic nitrogens is 2. The van der Waals surface area contributed by atoms with Crippen molar-refractivity contribution in [3.05, 3.63) is 53.3 Å². The number of hydrogen-bond acceptors (Lipinski definition) is 4. The fourth-order valence-electron chi connectivity index (χ4n) is 2.45. The molecule has 1 heterocycles. The molecule has 0 aliphatic heterocycles. The van der Waals surface area contributed by atoms with E-state index in [0.717, 1.165) is 24.1 Å². The Kier molecular flexibility index (Phi) is 4.55. The number of carbonyl (C=O) groups excluding carboxylic acids is 1. The summed E-state index contributed by atoms with van der Waals surface area (Å²) in [5.41, 5.74) is 2.38. The zero-order valence-electron chi connectivity index (χ0n) is 13.6. The quantitative estimate of drug-likeness (QED) is 0.891. The van der Waals surface area contributed by atoms with Crippen molar-refractivity contribution in [2.75, 3.05) is 11.9 Å². The Morgan fingerprint density at radius 1 is 1.26 bits per heavy atom. The van der Waals surface area contributed by atoms with Gasteiger partial charge in [0.05, 0.1) is 0 Å². The molecule has 0 atom stereocenters. The van der Waals surface area contributed by atoms with Crippen molar-refractivity contribution < 1.29 is 4.79 Å². The number of aryl methyl sites for hydroxylation is 1. The first kappa shape index (κ1) is 15.5. The Labute approximate surface area is 136 Å². The molecule has 0 spiro atoms. The molecule has 1 fully saturated rings. The van der Waals surface area contributed by atoms with Gasteiger partial charge in [-0.2, -0.15) is 0 Å². The molecule has 5 heteroatoms. The third-order valence-corrected chi connectivity index (χ3v) is 3.87. The van der Waals surface area contributed by atoms with Crippen LogP contribution in [0.3, 0.4) is 0 Å². The van der Waals surface area contributed by atoms with Gasteiger partial charge in [0.15, 0.2) is 0 Å². The molecule has 0 unspecified atom stereocenters. The van der Waals surface area contributed by atoms with Gasteiger partial charge in [0.25, 0.3) is 5.91 Å². The van der Waals surface area contributed by atoms with Gasteiger partial charge in [-0.15, -0.1) is 0 Å². The molecule has 23 heavy (non-hydrogen) atoms. The molecule has 2 aromatic rings. The highest BCUT2D eigenvalue weighted by Crippen LogP contribution is 2.23. The van der Waals surface area contributed by atoms with Crippen molar-refractivity contribution in [1.82, 2.24) is 14.9 Å². The molecule has 1 aliphatic rings. The van der Waals surface area contributed by atoms with Crippen LogP contribution >= 0.6 is 0 Å². The number of nitrogens with one attached hydrogen (secondary N) is 1. The molecule has 1 amide bonds. The van der Waals surface area contributed by atoms with Crippen molar-refractivity contribution in [3.63, 3.8) is 0 Å². The van der Waals surface area contributed by atoms with Crippen LogP contribution in [0.5, 0.6) is 0 Å². The summed E-state index contributed by atoms with van der Waals surface area (Å²) in [5.74, 6) is 0.507. The van der Waals surface area contributed by atoms with Gasteiger partial charge in [-0.3, -0.25) is 4.79 Å². The lowest BCUT2D eigenvalue weighted by Crippen LogP contribution is -2.31. The second-order valence-electron chi connectivity index (χ2n) is 5.94. The predicted molar refractivity (Wildman–Crippen MR) is 90.3 cm³/mol. The number of carbonyl (C=O) groups is 1. The predicted octanol–water partition coefficient (Wildman–Crippen LogP) is 3.02. The number of rotatable bonds is 6. The molecule has 1 aliphatic carbocycles. The second-order valence-corrected chi connectivity index (χ2v) is 5.94. The Bertz CT molecular complexity index is 683. The van der Waals surface area contributed by atoms with Gasteiger partial charge in [0.1, 0.15) is 5.69 Å². The molecule has 0 radical (unpaired) electrons. The lowest BCUT2D eigenvalue weighted by molar-refractivity contribution is 0.0746. The molecule has 1 aromatic carbocycles. The van der Waals surface area contributed by atoms with Crippen molar-refractivity contribution in [1.29, 1.82) is 0 Å². The zero-order valence-corrected chi connectivity index (χ0v) is 13.6. The van der Waals surface area contributed by atoms with Gasteiger partial charge in [-0.1, -0.05) is 30.3 Å². The first-order valence-corrected chi connectivity index (χ1v) is 8.11. The van der Waals surface area contributed by atoms with Crippen LogP contribution in [0.25, 0.3) is 0 Å². The number of amides is 1. The van der Waals surface area contributed by atoms with Crippen molar-refractivity contribution >= 4 is 11.9 Å². The smallest absolute Gasteiger partial charge is 0.272 e. The van der Waals surface area contributed by atoms with E-state index in [1.165, 1.54) is 0 Å². The van der Waals surface area contributed by atoms with Gasteiger partial charge in [-0.25, -0.2) is 9.97 Å². The molecule has 5 nitrogen and oxygen atoms in total. The van der Waals surface area contributed by atoms with Gasteiger partial charge in [0.2, 0.25) is 5.95 Å². The van der Waals surface area contributed by atoms with Crippen LogP contribution in [-0.2, 0) is 6.54 Å². The van der Waals surface area contributed by atoms with Crippen LogP contribution in [0.1, 0.15) is 41.5 Å². The van der Waals surface area contributed by atoms with E-state index in [9.17, 15) is 4.79 Å². The highest BCUT2D eigenvalue weighted by atomic mass is 16.2. The average molecular weight is 310 g/mol. The molecule has 1 N–H and O–H groups in total. The number of nitrogens with zero attached hydrogens (tertiary/aromatic N) is 3. The highest BCUT2D eigenvalue weighted by Gasteiger charge is 2.23. The third-order valence-electron chi connectivity index (χ3n) is 3.87. The fourth-order valence-corrected chi connectivity index (χ4v) is 2.45. The Balaban J connectivity index is 1.78. The number of benzene rings is 1. The normalized spacial score (nSPS) is 13.7. The topological polar surface area (TPSA) is 58.1 Å².